The molecule has 0 radical (unpaired) electrons. The van der Waals surface area contributed by atoms with Gasteiger partial charge in [-0.25, -0.2) is 10.4 Å². The predicted octanol–water partition coefficient (Wildman–Crippen LogP) is 3.62. The van der Waals surface area contributed by atoms with Crippen molar-refractivity contribution >= 4 is 27.9 Å². The molecule has 0 bridgehead atoms. The Bertz CT molecular complexity index is 1370. The van der Waals surface area contributed by atoms with Gasteiger partial charge in [0, 0.05) is 23.3 Å². The minimum atomic E-state index is -0.355. The van der Waals surface area contributed by atoms with E-state index in [1.807, 2.05) is 54.6 Å². The monoisotopic (exact) mass is 381 g/mol. The molecule has 0 unspecified atom stereocenters. The number of rotatable bonds is 3. The molecule has 3 aromatic heterocycles. The Morgan fingerprint density at radius 3 is 2.66 bits per heavy atom. The van der Waals surface area contributed by atoms with E-state index in [4.69, 9.17) is 4.42 Å². The number of carbonyl (C=O) groups is 1. The Hall–Kier alpha value is -4.26. The largest absolute Gasteiger partial charge is 0.436 e. The van der Waals surface area contributed by atoms with Crippen LogP contribution in [0, 0.1) is 0 Å². The van der Waals surface area contributed by atoms with E-state index in [0.29, 0.717) is 22.5 Å². The summed E-state index contributed by atoms with van der Waals surface area (Å²) in [5.41, 5.74) is 6.30. The van der Waals surface area contributed by atoms with Gasteiger partial charge in [-0.15, -0.1) is 5.10 Å². The summed E-state index contributed by atoms with van der Waals surface area (Å²) in [5.74, 6) is 0.254. The van der Waals surface area contributed by atoms with Gasteiger partial charge in [0.2, 0.25) is 5.55 Å². The van der Waals surface area contributed by atoms with Crippen molar-refractivity contribution in [1.82, 2.24) is 20.4 Å². The van der Waals surface area contributed by atoms with Crippen LogP contribution in [0.15, 0.2) is 88.6 Å². The molecular formula is C22H15N5O2. The first-order chi connectivity index (χ1) is 14.3. The van der Waals surface area contributed by atoms with Crippen molar-refractivity contribution in [3.63, 3.8) is 0 Å². The van der Waals surface area contributed by atoms with Gasteiger partial charge in [0.15, 0.2) is 0 Å². The van der Waals surface area contributed by atoms with Gasteiger partial charge in [-0.3, -0.25) is 9.78 Å². The molecule has 0 aliphatic carbocycles. The molecule has 3 heterocycles. The van der Waals surface area contributed by atoms with Gasteiger partial charge in [0.1, 0.15) is 11.4 Å². The van der Waals surface area contributed by atoms with Crippen LogP contribution in [0.2, 0.25) is 0 Å². The number of pyridine rings is 1. The predicted molar refractivity (Wildman–Crippen MR) is 109 cm³/mol. The highest BCUT2D eigenvalue weighted by Gasteiger charge is 2.12. The lowest BCUT2D eigenvalue weighted by Gasteiger charge is -2.03. The van der Waals surface area contributed by atoms with E-state index in [1.165, 1.54) is 0 Å². The number of hydrogen-bond acceptors (Lipinski definition) is 5. The van der Waals surface area contributed by atoms with Crippen molar-refractivity contribution in [3.05, 3.63) is 90.2 Å². The van der Waals surface area contributed by atoms with Crippen molar-refractivity contribution in [2.75, 3.05) is 0 Å². The second-order valence-corrected chi connectivity index (χ2v) is 6.39. The lowest BCUT2D eigenvalue weighted by atomic mass is 10.2. The van der Waals surface area contributed by atoms with Crippen molar-refractivity contribution in [2.24, 2.45) is 5.10 Å². The van der Waals surface area contributed by atoms with Gasteiger partial charge in [-0.1, -0.05) is 30.3 Å². The third-order valence-electron chi connectivity index (χ3n) is 4.50. The van der Waals surface area contributed by atoms with Crippen molar-refractivity contribution < 1.29 is 9.21 Å². The average molecular weight is 381 g/mol. The fraction of sp³-hybridized carbons (Fsp3) is 0. The van der Waals surface area contributed by atoms with Gasteiger partial charge in [0.05, 0.1) is 16.6 Å². The van der Waals surface area contributed by atoms with Crippen LogP contribution in [0.5, 0.6) is 0 Å². The number of imidazole rings is 1. The normalized spacial score (nSPS) is 11.8. The summed E-state index contributed by atoms with van der Waals surface area (Å²) in [7, 11) is 0. The molecule has 0 atom stereocenters. The van der Waals surface area contributed by atoms with Crippen LogP contribution in [0.3, 0.4) is 0 Å². The number of nitrogens with one attached hydrogen (secondary N) is 2. The zero-order valence-electron chi connectivity index (χ0n) is 15.2. The second kappa shape index (κ2) is 7.05. The van der Waals surface area contributed by atoms with Crippen molar-refractivity contribution in [2.45, 2.75) is 0 Å². The van der Waals surface area contributed by atoms with Crippen LogP contribution in [0.4, 0.5) is 0 Å². The number of fused-ring (bicyclic) bond motifs is 2. The summed E-state index contributed by atoms with van der Waals surface area (Å²) in [6, 6.07) is 20.5. The van der Waals surface area contributed by atoms with Gasteiger partial charge < -0.3 is 9.40 Å². The van der Waals surface area contributed by atoms with Gasteiger partial charge in [0.25, 0.3) is 5.91 Å². The van der Waals surface area contributed by atoms with Crippen molar-refractivity contribution in [1.29, 1.82) is 0 Å². The molecule has 7 heteroatoms. The van der Waals surface area contributed by atoms with Crippen LogP contribution >= 0.6 is 0 Å². The van der Waals surface area contributed by atoms with E-state index in [0.717, 1.165) is 16.4 Å². The van der Waals surface area contributed by atoms with Gasteiger partial charge in [-0.2, -0.15) is 0 Å². The van der Waals surface area contributed by atoms with Crippen LogP contribution in [-0.2, 0) is 0 Å². The molecule has 5 rings (SSSR count). The number of benzene rings is 2. The molecule has 140 valence electrons. The molecule has 1 amide bonds. The Balaban J connectivity index is 1.64. The number of nitrogens with zero attached hydrogens (tertiary/aromatic N) is 3. The fourth-order valence-electron chi connectivity index (χ4n) is 3.07. The molecule has 2 aromatic carbocycles. The van der Waals surface area contributed by atoms with Crippen molar-refractivity contribution in [3.8, 4) is 11.4 Å². The summed E-state index contributed by atoms with van der Waals surface area (Å²) >= 11 is 0. The number of para-hydroxylation sites is 3. The minimum Gasteiger partial charge on any atom is -0.436 e. The second-order valence-electron chi connectivity index (χ2n) is 6.39. The van der Waals surface area contributed by atoms with E-state index in [1.54, 1.807) is 24.5 Å². The van der Waals surface area contributed by atoms with Gasteiger partial charge in [-0.05, 0) is 36.4 Å². The molecule has 0 saturated carbocycles. The SMILES string of the molecule is O=C(NN=c1oc2ccccc2cc1-c1nc2ccccc2[nH]1)c1ccncc1. The minimum absolute atomic E-state index is 0.255. The molecule has 7 nitrogen and oxygen atoms in total. The molecule has 0 aliphatic rings. The summed E-state index contributed by atoms with van der Waals surface area (Å²) in [5, 5.41) is 5.14. The zero-order chi connectivity index (χ0) is 19.6. The smallest absolute Gasteiger partial charge is 0.271 e. The third-order valence-corrected chi connectivity index (χ3v) is 4.50. The molecule has 0 aliphatic heterocycles. The maximum absolute atomic E-state index is 12.4. The fourth-order valence-corrected chi connectivity index (χ4v) is 3.07. The first-order valence-electron chi connectivity index (χ1n) is 9.00. The number of H-pyrrole nitrogens is 1. The van der Waals surface area contributed by atoms with Crippen LogP contribution in [0.25, 0.3) is 33.4 Å². The first kappa shape index (κ1) is 16.9. The maximum atomic E-state index is 12.4. The van der Waals surface area contributed by atoms with E-state index >= 15 is 0 Å². The maximum Gasteiger partial charge on any atom is 0.271 e. The van der Waals surface area contributed by atoms with E-state index < -0.39 is 0 Å². The Labute approximate surface area is 164 Å². The molecule has 0 saturated heterocycles. The highest BCUT2D eigenvalue weighted by Crippen LogP contribution is 2.21. The molecule has 0 fully saturated rings. The van der Waals surface area contributed by atoms with Crippen LogP contribution < -0.4 is 11.0 Å². The highest BCUT2D eigenvalue weighted by molar-refractivity contribution is 5.93. The molecular weight excluding hydrogens is 366 g/mol. The Morgan fingerprint density at radius 2 is 1.79 bits per heavy atom. The van der Waals surface area contributed by atoms with E-state index in [-0.39, 0.29) is 11.5 Å². The number of carbonyl (C=O) groups excluding carboxylic acids is 1. The number of hydrogen-bond donors (Lipinski definition) is 2. The molecule has 29 heavy (non-hydrogen) atoms. The lowest BCUT2D eigenvalue weighted by molar-refractivity contribution is 0.0951. The van der Waals surface area contributed by atoms with Crippen LogP contribution in [-0.4, -0.2) is 20.9 Å². The summed E-state index contributed by atoms with van der Waals surface area (Å²) in [4.78, 5) is 24.2. The first-order valence-corrected chi connectivity index (χ1v) is 9.00. The van der Waals surface area contributed by atoms with Crippen LogP contribution in [0.1, 0.15) is 10.4 Å². The summed E-state index contributed by atoms with van der Waals surface area (Å²) in [6.07, 6.45) is 3.10. The van der Waals surface area contributed by atoms with E-state index in [9.17, 15) is 4.79 Å². The lowest BCUT2D eigenvalue weighted by Crippen LogP contribution is -2.22. The highest BCUT2D eigenvalue weighted by atomic mass is 16.3. The molecule has 2 N–H and O–H groups in total. The van der Waals surface area contributed by atoms with Gasteiger partial charge >= 0.3 is 0 Å². The number of aromatic nitrogens is 3. The molecule has 0 spiro atoms. The summed E-state index contributed by atoms with van der Waals surface area (Å²) in [6.45, 7) is 0. The number of aromatic amines is 1. The standard InChI is InChI=1S/C22H15N5O2/c28-21(14-9-11-23-12-10-14)26-27-22-16(13-15-5-1-4-8-19(15)29-22)20-24-17-6-2-3-7-18(17)25-20/h1-13H,(H,24,25)(H,26,28). The Morgan fingerprint density at radius 1 is 1.00 bits per heavy atom. The quantitative estimate of drug-likeness (QED) is 0.467. The average Bonchev–Trinajstić information content (AvgIpc) is 3.21. The topological polar surface area (TPSA) is 96.2 Å². The third kappa shape index (κ3) is 3.25. The van der Waals surface area contributed by atoms with E-state index in [2.05, 4.69) is 25.5 Å². The summed E-state index contributed by atoms with van der Waals surface area (Å²) < 4.78 is 5.98. The zero-order valence-corrected chi connectivity index (χ0v) is 15.2. The number of amides is 1. The molecule has 5 aromatic rings. The Kier molecular flexibility index (Phi) is 4.10.